The van der Waals surface area contributed by atoms with Crippen molar-refractivity contribution in [3.8, 4) is 0 Å². The van der Waals surface area contributed by atoms with Gasteiger partial charge in [0, 0.05) is 37.8 Å². The number of alkyl halides is 3. The van der Waals surface area contributed by atoms with Crippen LogP contribution in [0.3, 0.4) is 0 Å². The van der Waals surface area contributed by atoms with Gasteiger partial charge < -0.3 is 9.30 Å². The zero-order chi connectivity index (χ0) is 25.1. The minimum absolute atomic E-state index is 0.0403. The van der Waals surface area contributed by atoms with Crippen molar-refractivity contribution in [3.63, 3.8) is 0 Å². The molecule has 1 aliphatic heterocycles. The number of hydrogen-bond donors (Lipinski definition) is 0. The Balaban J connectivity index is 1.36. The van der Waals surface area contributed by atoms with Crippen LogP contribution >= 0.6 is 0 Å². The summed E-state index contributed by atoms with van der Waals surface area (Å²) in [6.07, 6.45) is 1.97. The number of carbonyl (C=O) groups excluding carboxylic acids is 1. The number of pyridine rings is 1. The molecule has 5 rings (SSSR count). The van der Waals surface area contributed by atoms with Gasteiger partial charge in [-0.05, 0) is 54.5 Å². The van der Waals surface area contributed by atoms with Gasteiger partial charge in [0.25, 0.3) is 0 Å². The molecule has 186 valence electrons. The fraction of sp³-hybridized carbons (Fsp3) is 0.310. The van der Waals surface area contributed by atoms with E-state index in [0.717, 1.165) is 31.4 Å². The second-order valence-electron chi connectivity index (χ2n) is 9.51. The van der Waals surface area contributed by atoms with Crippen molar-refractivity contribution in [2.45, 2.75) is 37.8 Å². The fourth-order valence-corrected chi connectivity index (χ4v) is 5.17. The molecule has 1 saturated heterocycles. The molecule has 0 bridgehead atoms. The van der Waals surface area contributed by atoms with E-state index in [9.17, 15) is 18.0 Å². The smallest absolute Gasteiger partial charge is 0.343 e. The molecule has 0 spiro atoms. The summed E-state index contributed by atoms with van der Waals surface area (Å²) < 4.78 is 42.3. The number of benzene rings is 2. The molecular weight excluding hydrogens is 463 g/mol. The van der Waals surface area contributed by atoms with Crippen LogP contribution in [0.5, 0.6) is 0 Å². The van der Waals surface area contributed by atoms with Crippen LogP contribution in [0.4, 0.5) is 13.2 Å². The molecule has 1 aliphatic rings. The van der Waals surface area contributed by atoms with Gasteiger partial charge in [-0.3, -0.25) is 4.79 Å². The monoisotopic (exact) mass is 491 g/mol. The Morgan fingerprint density at radius 1 is 0.972 bits per heavy atom. The van der Waals surface area contributed by atoms with Crippen LogP contribution in [-0.2, 0) is 17.4 Å². The maximum absolute atomic E-state index is 13.5. The quantitative estimate of drug-likeness (QED) is 0.315. The van der Waals surface area contributed by atoms with E-state index in [2.05, 4.69) is 17.1 Å². The minimum Gasteiger partial charge on any atom is -0.343 e. The average molecular weight is 492 g/mol. The molecule has 2 aromatic heterocycles. The summed E-state index contributed by atoms with van der Waals surface area (Å²) in [6, 6.07) is 21.2. The van der Waals surface area contributed by atoms with Gasteiger partial charge in [0.15, 0.2) is 0 Å². The maximum atomic E-state index is 13.5. The number of rotatable bonds is 6. The number of halogens is 3. The van der Waals surface area contributed by atoms with E-state index in [1.54, 1.807) is 12.3 Å². The number of piperidine rings is 1. The summed E-state index contributed by atoms with van der Waals surface area (Å²) in [5, 5.41) is 0. The molecular formula is C29H28F3N3O. The first-order chi connectivity index (χ1) is 17.4. The highest BCUT2D eigenvalue weighted by atomic mass is 19.4. The molecule has 2 aromatic carbocycles. The molecule has 36 heavy (non-hydrogen) atoms. The predicted octanol–water partition coefficient (Wildman–Crippen LogP) is 6.36. The molecule has 4 aromatic rings. The first-order valence-electron chi connectivity index (χ1n) is 12.3. The summed E-state index contributed by atoms with van der Waals surface area (Å²) in [5.41, 5.74) is 2.45. The van der Waals surface area contributed by atoms with Crippen molar-refractivity contribution in [1.82, 2.24) is 14.3 Å². The summed E-state index contributed by atoms with van der Waals surface area (Å²) in [4.78, 5) is 19.7. The summed E-state index contributed by atoms with van der Waals surface area (Å²) in [7, 11) is 0. The van der Waals surface area contributed by atoms with E-state index >= 15 is 0 Å². The molecule has 0 radical (unpaired) electrons. The summed E-state index contributed by atoms with van der Waals surface area (Å²) in [5.74, 6) is -0.0600. The third-order valence-corrected chi connectivity index (χ3v) is 7.13. The lowest BCUT2D eigenvalue weighted by molar-refractivity contribution is -0.137. The van der Waals surface area contributed by atoms with Crippen LogP contribution in [-0.4, -0.2) is 33.3 Å². The van der Waals surface area contributed by atoms with Crippen LogP contribution in [0, 0.1) is 5.92 Å². The van der Waals surface area contributed by atoms with Gasteiger partial charge >= 0.3 is 6.18 Å². The lowest BCUT2D eigenvalue weighted by atomic mass is 9.88. The lowest BCUT2D eigenvalue weighted by Gasteiger charge is -2.33. The zero-order valence-electron chi connectivity index (χ0n) is 19.9. The Morgan fingerprint density at radius 3 is 2.47 bits per heavy atom. The Kier molecular flexibility index (Phi) is 6.81. The van der Waals surface area contributed by atoms with Crippen LogP contribution < -0.4 is 0 Å². The SMILES string of the molecule is O=C(CC(c1cccc(C(F)(F)F)c1)c1cnc2ccccn12)N1CCC(Cc2ccccc2)CC1. The second-order valence-corrected chi connectivity index (χ2v) is 9.51. The van der Waals surface area contributed by atoms with Crippen molar-refractivity contribution in [3.05, 3.63) is 108 Å². The summed E-state index contributed by atoms with van der Waals surface area (Å²) in [6.45, 7) is 1.33. The first kappa shape index (κ1) is 24.1. The van der Waals surface area contributed by atoms with Gasteiger partial charge in [0.2, 0.25) is 5.91 Å². The van der Waals surface area contributed by atoms with Gasteiger partial charge in [-0.25, -0.2) is 4.98 Å². The molecule has 1 unspecified atom stereocenters. The third kappa shape index (κ3) is 5.30. The fourth-order valence-electron chi connectivity index (χ4n) is 5.17. The molecule has 1 fully saturated rings. The van der Waals surface area contributed by atoms with Crippen molar-refractivity contribution in [2.75, 3.05) is 13.1 Å². The molecule has 1 atom stereocenters. The van der Waals surface area contributed by atoms with Gasteiger partial charge in [0.1, 0.15) is 5.65 Å². The standard InChI is InChI=1S/C29H28F3N3O/c30-29(31,32)24-10-6-9-23(18-24)25(26-20-33-27-11-4-5-14-35(26)27)19-28(36)34-15-12-22(13-16-34)17-21-7-2-1-3-8-21/h1-11,14,18,20,22,25H,12-13,15-17,19H2. The van der Waals surface area contributed by atoms with Gasteiger partial charge in [0.05, 0.1) is 11.3 Å². The van der Waals surface area contributed by atoms with Crippen LogP contribution in [0.15, 0.2) is 85.2 Å². The van der Waals surface area contributed by atoms with Crippen LogP contribution in [0.1, 0.15) is 47.6 Å². The number of amides is 1. The normalized spacial score (nSPS) is 15.8. The zero-order valence-corrected chi connectivity index (χ0v) is 19.9. The van der Waals surface area contributed by atoms with E-state index in [1.807, 2.05) is 51.9 Å². The molecule has 4 nitrogen and oxygen atoms in total. The minimum atomic E-state index is -4.45. The van der Waals surface area contributed by atoms with Gasteiger partial charge in [-0.2, -0.15) is 13.2 Å². The predicted molar refractivity (Wildman–Crippen MR) is 133 cm³/mol. The first-order valence-corrected chi connectivity index (χ1v) is 12.3. The van der Waals surface area contributed by atoms with Gasteiger partial charge in [-0.15, -0.1) is 0 Å². The van der Waals surface area contributed by atoms with E-state index in [1.165, 1.54) is 11.6 Å². The Morgan fingerprint density at radius 2 is 1.72 bits per heavy atom. The van der Waals surface area contributed by atoms with E-state index in [-0.39, 0.29) is 12.3 Å². The number of carbonyl (C=O) groups is 1. The molecule has 0 N–H and O–H groups in total. The Bertz CT molecular complexity index is 1320. The number of likely N-dealkylation sites (tertiary alicyclic amines) is 1. The lowest BCUT2D eigenvalue weighted by Crippen LogP contribution is -2.39. The number of hydrogen-bond acceptors (Lipinski definition) is 2. The van der Waals surface area contributed by atoms with Crippen molar-refractivity contribution in [1.29, 1.82) is 0 Å². The highest BCUT2D eigenvalue weighted by Gasteiger charge is 2.33. The van der Waals surface area contributed by atoms with Crippen LogP contribution in [0.25, 0.3) is 5.65 Å². The third-order valence-electron chi connectivity index (χ3n) is 7.13. The van der Waals surface area contributed by atoms with Crippen LogP contribution in [0.2, 0.25) is 0 Å². The second kappa shape index (κ2) is 10.2. The van der Waals surface area contributed by atoms with Gasteiger partial charge in [-0.1, -0.05) is 54.6 Å². The molecule has 0 saturated carbocycles. The highest BCUT2D eigenvalue weighted by Crippen LogP contribution is 2.35. The largest absolute Gasteiger partial charge is 0.416 e. The average Bonchev–Trinajstić information content (AvgIpc) is 3.32. The van der Waals surface area contributed by atoms with E-state index in [4.69, 9.17) is 0 Å². The maximum Gasteiger partial charge on any atom is 0.416 e. The number of imidazole rings is 1. The molecule has 0 aliphatic carbocycles. The van der Waals surface area contributed by atoms with Crippen molar-refractivity contribution in [2.24, 2.45) is 5.92 Å². The molecule has 7 heteroatoms. The topological polar surface area (TPSA) is 37.6 Å². The number of aromatic nitrogens is 2. The number of nitrogens with zero attached hydrogens (tertiary/aromatic N) is 3. The Labute approximate surface area is 208 Å². The molecule has 3 heterocycles. The number of fused-ring (bicyclic) bond motifs is 1. The van der Waals surface area contributed by atoms with Crippen molar-refractivity contribution >= 4 is 11.6 Å². The van der Waals surface area contributed by atoms with E-state index < -0.39 is 17.7 Å². The Hall–Kier alpha value is -3.61. The van der Waals surface area contributed by atoms with Crippen molar-refractivity contribution < 1.29 is 18.0 Å². The molecule has 1 amide bonds. The van der Waals surface area contributed by atoms with E-state index in [0.29, 0.717) is 35.9 Å². The summed E-state index contributed by atoms with van der Waals surface area (Å²) >= 11 is 0. The highest BCUT2D eigenvalue weighted by molar-refractivity contribution is 5.78.